The second kappa shape index (κ2) is 6.44. The minimum Gasteiger partial charge on any atom is -0.291 e. The van der Waals surface area contributed by atoms with E-state index >= 15 is 0 Å². The Morgan fingerprint density at radius 1 is 1.20 bits per heavy atom. The maximum atomic E-state index is 13.1. The molecule has 2 rings (SSSR count). The summed E-state index contributed by atoms with van der Waals surface area (Å²) >= 11 is 1.36. The van der Waals surface area contributed by atoms with E-state index in [0.717, 1.165) is 12.2 Å². The summed E-state index contributed by atoms with van der Waals surface area (Å²) in [6.07, 6.45) is -2.44. The lowest BCUT2D eigenvalue weighted by atomic mass is 10.0. The van der Waals surface area contributed by atoms with E-state index in [1.165, 1.54) is 16.7 Å². The molecule has 2 saturated heterocycles. The van der Waals surface area contributed by atoms with Crippen LogP contribution in [0.3, 0.4) is 0 Å². The zero-order valence-electron chi connectivity index (χ0n) is 11.2. The van der Waals surface area contributed by atoms with Crippen molar-refractivity contribution in [2.75, 3.05) is 36.1 Å². The fourth-order valence-corrected chi connectivity index (χ4v) is 5.51. The molecule has 2 heterocycles. The van der Waals surface area contributed by atoms with Crippen LogP contribution in [0.25, 0.3) is 0 Å². The first-order chi connectivity index (χ1) is 9.28. The van der Waals surface area contributed by atoms with Crippen LogP contribution in [0.2, 0.25) is 0 Å². The largest absolute Gasteiger partial charge is 0.404 e. The Morgan fingerprint density at radius 2 is 1.85 bits per heavy atom. The van der Waals surface area contributed by atoms with Gasteiger partial charge in [0, 0.05) is 12.3 Å². The summed E-state index contributed by atoms with van der Waals surface area (Å²) in [5, 5.41) is 0. The van der Waals surface area contributed by atoms with Gasteiger partial charge in [-0.25, -0.2) is 8.42 Å². The summed E-state index contributed by atoms with van der Waals surface area (Å²) in [4.78, 5) is 1.53. The van der Waals surface area contributed by atoms with Gasteiger partial charge in [-0.3, -0.25) is 4.90 Å². The predicted octanol–water partition coefficient (Wildman–Crippen LogP) is 2.18. The lowest BCUT2D eigenvalue weighted by Gasteiger charge is -2.35. The first-order valence-corrected chi connectivity index (χ1v) is 9.84. The van der Waals surface area contributed by atoms with Crippen molar-refractivity contribution in [1.29, 1.82) is 0 Å². The van der Waals surface area contributed by atoms with Crippen molar-refractivity contribution in [2.24, 2.45) is 5.92 Å². The normalized spacial score (nSPS) is 30.1. The van der Waals surface area contributed by atoms with Crippen molar-refractivity contribution < 1.29 is 21.6 Å². The topological polar surface area (TPSA) is 37.4 Å². The summed E-state index contributed by atoms with van der Waals surface area (Å²) in [6.45, 7) is 0.834. The molecule has 118 valence electrons. The number of nitrogens with zero attached hydrogens (tertiary/aromatic N) is 1. The Balaban J connectivity index is 1.98. The standard InChI is InChI=1S/C12H20F3NO2S2/c13-12(14,15)11-9-19-5-1-4-16(11)8-10-2-6-20(17,18)7-3-10/h10-11H,1-9H2. The quantitative estimate of drug-likeness (QED) is 0.777. The van der Waals surface area contributed by atoms with E-state index in [1.54, 1.807) is 0 Å². The van der Waals surface area contributed by atoms with Gasteiger partial charge in [-0.2, -0.15) is 24.9 Å². The number of hydrogen-bond donors (Lipinski definition) is 0. The molecule has 0 aromatic rings. The average Bonchev–Trinajstić information content (AvgIpc) is 2.56. The maximum Gasteiger partial charge on any atom is 0.404 e. The monoisotopic (exact) mass is 331 g/mol. The number of sulfone groups is 1. The van der Waals surface area contributed by atoms with E-state index in [9.17, 15) is 21.6 Å². The van der Waals surface area contributed by atoms with Crippen LogP contribution in [-0.2, 0) is 9.84 Å². The molecule has 8 heteroatoms. The number of rotatable bonds is 2. The van der Waals surface area contributed by atoms with Gasteiger partial charge in [0.1, 0.15) is 15.9 Å². The fourth-order valence-electron chi connectivity index (χ4n) is 2.80. The molecule has 2 aliphatic heterocycles. The lowest BCUT2D eigenvalue weighted by molar-refractivity contribution is -0.178. The lowest BCUT2D eigenvalue weighted by Crippen LogP contribution is -2.49. The van der Waals surface area contributed by atoms with Gasteiger partial charge in [0.2, 0.25) is 0 Å². The molecule has 0 aromatic heterocycles. The third-order valence-corrected chi connectivity index (χ3v) is 6.84. The van der Waals surface area contributed by atoms with Gasteiger partial charge in [0.25, 0.3) is 0 Å². The van der Waals surface area contributed by atoms with E-state index < -0.39 is 22.1 Å². The van der Waals surface area contributed by atoms with E-state index in [4.69, 9.17) is 0 Å². The second-order valence-corrected chi connectivity index (χ2v) is 9.03. The highest BCUT2D eigenvalue weighted by Crippen LogP contribution is 2.32. The molecule has 0 aromatic carbocycles. The molecule has 0 saturated carbocycles. The van der Waals surface area contributed by atoms with Crippen LogP contribution in [0.15, 0.2) is 0 Å². The van der Waals surface area contributed by atoms with Crippen molar-refractivity contribution in [3.63, 3.8) is 0 Å². The Kier molecular flexibility index (Phi) is 5.29. The third-order valence-electron chi connectivity index (χ3n) is 4.00. The Bertz CT molecular complexity index is 411. The average molecular weight is 331 g/mol. The third kappa shape index (κ3) is 4.53. The first-order valence-electron chi connectivity index (χ1n) is 6.87. The molecule has 2 aliphatic rings. The summed E-state index contributed by atoms with van der Waals surface area (Å²) in [6, 6.07) is -1.38. The Labute approximate surface area is 122 Å². The summed E-state index contributed by atoms with van der Waals surface area (Å²) in [5.74, 6) is 1.18. The molecular formula is C12H20F3NO2S2. The van der Waals surface area contributed by atoms with Crippen molar-refractivity contribution in [3.8, 4) is 0 Å². The van der Waals surface area contributed by atoms with Crippen LogP contribution in [-0.4, -0.2) is 61.6 Å². The molecule has 1 unspecified atom stereocenters. The molecule has 0 aliphatic carbocycles. The van der Waals surface area contributed by atoms with Gasteiger partial charge >= 0.3 is 6.18 Å². The smallest absolute Gasteiger partial charge is 0.291 e. The molecular weight excluding hydrogens is 311 g/mol. The van der Waals surface area contributed by atoms with Gasteiger partial charge < -0.3 is 0 Å². The van der Waals surface area contributed by atoms with Crippen LogP contribution < -0.4 is 0 Å². The molecule has 0 spiro atoms. The van der Waals surface area contributed by atoms with Gasteiger partial charge in [0.15, 0.2) is 0 Å². The molecule has 2 fully saturated rings. The highest BCUT2D eigenvalue weighted by Gasteiger charge is 2.44. The highest BCUT2D eigenvalue weighted by atomic mass is 32.2. The zero-order chi connectivity index (χ0) is 14.8. The molecule has 0 N–H and O–H groups in total. The van der Waals surface area contributed by atoms with E-state index in [1.807, 2.05) is 0 Å². The van der Waals surface area contributed by atoms with Crippen molar-refractivity contribution in [3.05, 3.63) is 0 Å². The van der Waals surface area contributed by atoms with Gasteiger partial charge in [-0.05, 0) is 37.5 Å². The number of alkyl halides is 3. The number of thioether (sulfide) groups is 1. The summed E-state index contributed by atoms with van der Waals surface area (Å²) in [7, 11) is -2.95. The molecule has 1 atom stereocenters. The van der Waals surface area contributed by atoms with Crippen LogP contribution >= 0.6 is 11.8 Å². The fraction of sp³-hybridized carbons (Fsp3) is 1.00. The molecule has 3 nitrogen and oxygen atoms in total. The molecule has 20 heavy (non-hydrogen) atoms. The van der Waals surface area contributed by atoms with E-state index in [2.05, 4.69) is 0 Å². The Morgan fingerprint density at radius 3 is 2.45 bits per heavy atom. The molecule has 0 amide bonds. The van der Waals surface area contributed by atoms with Gasteiger partial charge in [-0.1, -0.05) is 0 Å². The van der Waals surface area contributed by atoms with E-state index in [-0.39, 0.29) is 23.2 Å². The maximum absolute atomic E-state index is 13.1. The highest BCUT2D eigenvalue weighted by molar-refractivity contribution is 7.99. The molecule has 0 bridgehead atoms. The Hall–Kier alpha value is 0.0500. The van der Waals surface area contributed by atoms with Crippen LogP contribution in [0, 0.1) is 5.92 Å². The second-order valence-electron chi connectivity index (χ2n) is 5.58. The molecule has 0 radical (unpaired) electrons. The minimum absolute atomic E-state index is 0.0754. The summed E-state index contributed by atoms with van der Waals surface area (Å²) < 4.78 is 62.0. The van der Waals surface area contributed by atoms with Crippen molar-refractivity contribution in [2.45, 2.75) is 31.5 Å². The number of hydrogen-bond acceptors (Lipinski definition) is 4. The first kappa shape index (κ1) is 16.4. The van der Waals surface area contributed by atoms with Crippen molar-refractivity contribution >= 4 is 21.6 Å². The van der Waals surface area contributed by atoms with Crippen LogP contribution in [0.4, 0.5) is 13.2 Å². The number of halogens is 3. The van der Waals surface area contributed by atoms with Crippen LogP contribution in [0.5, 0.6) is 0 Å². The van der Waals surface area contributed by atoms with E-state index in [0.29, 0.717) is 25.9 Å². The van der Waals surface area contributed by atoms with Crippen molar-refractivity contribution in [1.82, 2.24) is 4.90 Å². The SMILES string of the molecule is O=S1(=O)CCC(CN2CCCSCC2C(F)(F)F)CC1. The zero-order valence-corrected chi connectivity index (χ0v) is 12.9. The summed E-state index contributed by atoms with van der Waals surface area (Å²) in [5.41, 5.74) is 0. The predicted molar refractivity (Wildman–Crippen MR) is 74.7 cm³/mol. The van der Waals surface area contributed by atoms with Gasteiger partial charge in [-0.15, -0.1) is 0 Å². The minimum atomic E-state index is -4.20. The van der Waals surface area contributed by atoms with Gasteiger partial charge in [0.05, 0.1) is 11.5 Å². The van der Waals surface area contributed by atoms with Crippen LogP contribution in [0.1, 0.15) is 19.3 Å².